The Morgan fingerprint density at radius 1 is 0.814 bits per heavy atom. The second-order valence-corrected chi connectivity index (χ2v) is 12.7. The molecule has 11 nitrogen and oxygen atoms in total. The van der Waals surface area contributed by atoms with Crippen LogP contribution in [0.4, 0.5) is 9.59 Å². The third kappa shape index (κ3) is 6.02. The summed E-state index contributed by atoms with van der Waals surface area (Å²) in [6, 6.07) is 10.5. The molecule has 0 radical (unpaired) electrons. The second-order valence-electron chi connectivity index (χ2n) is 12.7. The van der Waals surface area contributed by atoms with Gasteiger partial charge in [0.1, 0.15) is 17.0 Å². The summed E-state index contributed by atoms with van der Waals surface area (Å²) in [5.41, 5.74) is 1.81. The van der Waals surface area contributed by atoms with E-state index in [4.69, 9.17) is 14.2 Å². The molecule has 0 atom stereocenters. The Hall–Kier alpha value is -4.54. The lowest BCUT2D eigenvalue weighted by Gasteiger charge is -2.35. The Bertz CT molecular complexity index is 1620. The summed E-state index contributed by atoms with van der Waals surface area (Å²) in [5.74, 6) is 0.144. The lowest BCUT2D eigenvalue weighted by Crippen LogP contribution is -2.51. The van der Waals surface area contributed by atoms with E-state index in [-0.39, 0.29) is 11.8 Å². The highest BCUT2D eigenvalue weighted by Crippen LogP contribution is 2.38. The first-order valence-electron chi connectivity index (χ1n) is 14.3. The maximum Gasteiger partial charge on any atom is 0.419 e. The van der Waals surface area contributed by atoms with Gasteiger partial charge in [0, 0.05) is 54.8 Å². The highest BCUT2D eigenvalue weighted by molar-refractivity contribution is 6.08. The minimum atomic E-state index is -0.762. The van der Waals surface area contributed by atoms with Gasteiger partial charge in [0.05, 0.1) is 23.9 Å². The molecule has 43 heavy (non-hydrogen) atoms. The summed E-state index contributed by atoms with van der Waals surface area (Å²) in [4.78, 5) is 55.8. The fourth-order valence-corrected chi connectivity index (χ4v) is 5.38. The van der Waals surface area contributed by atoms with E-state index in [1.807, 2.05) is 20.8 Å². The fourth-order valence-electron chi connectivity index (χ4n) is 5.38. The average Bonchev–Trinajstić information content (AvgIpc) is 3.51. The number of ether oxygens (including phenoxy) is 3. The number of carbonyl (C=O) groups is 4. The van der Waals surface area contributed by atoms with Gasteiger partial charge in [-0.1, -0.05) is 0 Å². The average molecular weight is 591 g/mol. The molecule has 1 N–H and O–H groups in total. The Morgan fingerprint density at radius 2 is 1.44 bits per heavy atom. The maximum atomic E-state index is 13.6. The van der Waals surface area contributed by atoms with Crippen molar-refractivity contribution >= 4 is 34.9 Å². The van der Waals surface area contributed by atoms with Crippen molar-refractivity contribution in [3.05, 3.63) is 53.1 Å². The third-order valence-electron chi connectivity index (χ3n) is 7.26. The number of nitrogens with one attached hydrogen (secondary N) is 1. The Morgan fingerprint density at radius 3 is 2.07 bits per heavy atom. The second kappa shape index (κ2) is 10.9. The molecular formula is C32H38N4O7. The quantitative estimate of drug-likeness (QED) is 0.454. The molecule has 0 bridgehead atoms. The molecule has 3 heterocycles. The summed E-state index contributed by atoms with van der Waals surface area (Å²) >= 11 is 0. The van der Waals surface area contributed by atoms with Crippen LogP contribution in [0.5, 0.6) is 5.75 Å². The Labute approximate surface area is 250 Å². The van der Waals surface area contributed by atoms with Crippen LogP contribution < -0.4 is 10.1 Å². The minimum Gasteiger partial charge on any atom is -0.496 e. The van der Waals surface area contributed by atoms with Crippen molar-refractivity contribution in [2.24, 2.45) is 0 Å². The van der Waals surface area contributed by atoms with E-state index in [2.05, 4.69) is 5.32 Å². The summed E-state index contributed by atoms with van der Waals surface area (Å²) < 4.78 is 18.1. The zero-order chi connectivity index (χ0) is 31.3. The van der Waals surface area contributed by atoms with E-state index >= 15 is 0 Å². The van der Waals surface area contributed by atoms with Gasteiger partial charge >= 0.3 is 12.2 Å². The number of piperazine rings is 1. The van der Waals surface area contributed by atoms with E-state index in [1.165, 1.54) is 4.57 Å². The van der Waals surface area contributed by atoms with E-state index in [1.54, 1.807) is 74.1 Å². The van der Waals surface area contributed by atoms with Gasteiger partial charge in [-0.15, -0.1) is 0 Å². The monoisotopic (exact) mass is 590 g/mol. The largest absolute Gasteiger partial charge is 0.496 e. The first-order valence-corrected chi connectivity index (χ1v) is 14.3. The van der Waals surface area contributed by atoms with Gasteiger partial charge in [0.25, 0.3) is 11.8 Å². The lowest BCUT2D eigenvalue weighted by atomic mass is 9.99. The van der Waals surface area contributed by atoms with E-state index in [0.717, 1.165) is 0 Å². The van der Waals surface area contributed by atoms with E-state index in [0.29, 0.717) is 77.3 Å². The van der Waals surface area contributed by atoms with E-state index < -0.39 is 23.4 Å². The number of carbonyl (C=O) groups excluding carboxylic acids is 4. The van der Waals surface area contributed by atoms with Crippen molar-refractivity contribution in [1.29, 1.82) is 0 Å². The molecule has 0 saturated carbocycles. The summed E-state index contributed by atoms with van der Waals surface area (Å²) in [6.07, 6.45) is -0.992. The molecule has 0 aliphatic carbocycles. The van der Waals surface area contributed by atoms with Gasteiger partial charge in [-0.25, -0.2) is 14.2 Å². The molecule has 1 saturated heterocycles. The summed E-state index contributed by atoms with van der Waals surface area (Å²) in [5, 5.41) is 3.49. The van der Waals surface area contributed by atoms with Gasteiger partial charge in [-0.05, 0) is 77.9 Å². The molecule has 11 heteroatoms. The normalized spacial score (nSPS) is 15.3. The van der Waals surface area contributed by atoms with Crippen LogP contribution in [0.2, 0.25) is 0 Å². The lowest BCUT2D eigenvalue weighted by molar-refractivity contribution is 0.0140. The topological polar surface area (TPSA) is 119 Å². The standard InChI is InChI=1S/C32H38N4O7/c1-31(2,3)42-29(39)35-14-12-34(13-15-35)28(38)19-8-10-23-20(16-19)17-24(36(23)30(40)43-32(4,5)6)21-9-11-25(41-7)22-18-33-27(37)26(21)22/h8-11,16-17H,12-15,18H2,1-7H3,(H,33,37). The molecule has 0 spiro atoms. The molecule has 3 aromatic rings. The highest BCUT2D eigenvalue weighted by Gasteiger charge is 2.32. The number of rotatable bonds is 3. The molecule has 2 aliphatic heterocycles. The zero-order valence-corrected chi connectivity index (χ0v) is 25.7. The summed E-state index contributed by atoms with van der Waals surface area (Å²) in [6.45, 7) is 12.6. The number of benzene rings is 2. The molecule has 0 unspecified atom stereocenters. The molecule has 2 aliphatic rings. The predicted molar refractivity (Wildman–Crippen MR) is 160 cm³/mol. The molecule has 1 fully saturated rings. The first-order chi connectivity index (χ1) is 20.2. The number of aromatic nitrogens is 1. The number of hydrogen-bond acceptors (Lipinski definition) is 7. The van der Waals surface area contributed by atoms with E-state index in [9.17, 15) is 19.2 Å². The Kier molecular flexibility index (Phi) is 7.62. The number of methoxy groups -OCH3 is 1. The smallest absolute Gasteiger partial charge is 0.419 e. The zero-order valence-electron chi connectivity index (χ0n) is 25.7. The number of amides is 3. The van der Waals surface area contributed by atoms with Gasteiger partial charge in [0.2, 0.25) is 0 Å². The van der Waals surface area contributed by atoms with Gasteiger partial charge in [0.15, 0.2) is 0 Å². The van der Waals surface area contributed by atoms with Crippen molar-refractivity contribution in [2.75, 3.05) is 33.3 Å². The molecular weight excluding hydrogens is 552 g/mol. The highest BCUT2D eigenvalue weighted by atomic mass is 16.6. The maximum absolute atomic E-state index is 13.6. The van der Waals surface area contributed by atoms with Crippen molar-refractivity contribution in [3.63, 3.8) is 0 Å². The SMILES string of the molecule is COc1ccc(-c2cc3cc(C(=O)N4CCN(C(=O)OC(C)(C)C)CC4)ccc3n2C(=O)OC(C)(C)C)c2c1CNC2=O. The van der Waals surface area contributed by atoms with Crippen molar-refractivity contribution < 1.29 is 33.4 Å². The van der Waals surface area contributed by atoms with Crippen LogP contribution in [0, 0.1) is 0 Å². The predicted octanol–water partition coefficient (Wildman–Crippen LogP) is 5.04. The van der Waals surface area contributed by atoms with Crippen molar-refractivity contribution in [3.8, 4) is 17.0 Å². The van der Waals surface area contributed by atoms with Crippen LogP contribution in [0.3, 0.4) is 0 Å². The third-order valence-corrected chi connectivity index (χ3v) is 7.26. The fraction of sp³-hybridized carbons (Fsp3) is 0.438. The molecule has 3 amide bonds. The van der Waals surface area contributed by atoms with Crippen LogP contribution in [0.25, 0.3) is 22.2 Å². The van der Waals surface area contributed by atoms with Gasteiger partial charge < -0.3 is 29.3 Å². The number of fused-ring (bicyclic) bond motifs is 2. The van der Waals surface area contributed by atoms with Crippen molar-refractivity contribution in [1.82, 2.24) is 19.7 Å². The summed E-state index contributed by atoms with van der Waals surface area (Å²) in [7, 11) is 1.55. The van der Waals surface area contributed by atoms with Crippen LogP contribution >= 0.6 is 0 Å². The Balaban J connectivity index is 1.50. The number of nitrogens with zero attached hydrogens (tertiary/aromatic N) is 3. The van der Waals surface area contributed by atoms with Gasteiger partial charge in [-0.3, -0.25) is 9.59 Å². The molecule has 5 rings (SSSR count). The molecule has 228 valence electrons. The molecule has 1 aromatic heterocycles. The molecule has 2 aromatic carbocycles. The van der Waals surface area contributed by atoms with Crippen LogP contribution in [0.15, 0.2) is 36.4 Å². The van der Waals surface area contributed by atoms with Crippen molar-refractivity contribution in [2.45, 2.75) is 59.3 Å². The van der Waals surface area contributed by atoms with Crippen LogP contribution in [0.1, 0.15) is 67.8 Å². The van der Waals surface area contributed by atoms with Crippen LogP contribution in [-0.4, -0.2) is 82.9 Å². The first kappa shape index (κ1) is 29.9. The number of hydrogen-bond donors (Lipinski definition) is 1. The minimum absolute atomic E-state index is 0.179. The van der Waals surface area contributed by atoms with Crippen LogP contribution in [-0.2, 0) is 16.0 Å². The van der Waals surface area contributed by atoms with Gasteiger partial charge in [-0.2, -0.15) is 0 Å².